The van der Waals surface area contributed by atoms with E-state index in [9.17, 15) is 13.2 Å². The quantitative estimate of drug-likeness (QED) is 0.870. The zero-order valence-electron chi connectivity index (χ0n) is 15.0. The highest BCUT2D eigenvalue weighted by Gasteiger charge is 2.29. The number of rotatable bonds is 3. The van der Waals surface area contributed by atoms with Crippen molar-refractivity contribution in [3.8, 4) is 0 Å². The van der Waals surface area contributed by atoms with Crippen molar-refractivity contribution in [1.82, 2.24) is 4.72 Å². The van der Waals surface area contributed by atoms with E-state index in [1.54, 1.807) is 41.8 Å². The first-order chi connectivity index (χ1) is 11.8. The number of hydrogen-bond donors (Lipinski definition) is 1. The lowest BCUT2D eigenvalue weighted by molar-refractivity contribution is -0.116. The minimum Gasteiger partial charge on any atom is -0.310 e. The third-order valence-corrected chi connectivity index (χ3v) is 7.72. The Hall–Kier alpha value is -1.05. The van der Waals surface area contributed by atoms with Crippen LogP contribution < -0.4 is 9.62 Å². The zero-order chi connectivity index (χ0) is 18.2. The van der Waals surface area contributed by atoms with Crippen molar-refractivity contribution in [2.24, 2.45) is 5.92 Å². The van der Waals surface area contributed by atoms with Crippen molar-refractivity contribution in [3.05, 3.63) is 18.2 Å². The van der Waals surface area contributed by atoms with Gasteiger partial charge in [0.05, 0.1) is 10.6 Å². The normalized spacial score (nSPS) is 27.0. The molecule has 3 unspecified atom stereocenters. The van der Waals surface area contributed by atoms with Crippen molar-refractivity contribution >= 4 is 33.4 Å². The van der Waals surface area contributed by atoms with Crippen molar-refractivity contribution in [1.29, 1.82) is 0 Å². The van der Waals surface area contributed by atoms with E-state index in [1.165, 1.54) is 6.42 Å². The molecule has 1 fully saturated rings. The molecule has 3 rings (SSSR count). The summed E-state index contributed by atoms with van der Waals surface area (Å²) in [5, 5.41) is 0.237. The number of benzene rings is 1. The second-order valence-electron chi connectivity index (χ2n) is 7.18. The molecule has 25 heavy (non-hydrogen) atoms. The lowest BCUT2D eigenvalue weighted by atomic mass is 9.87. The Morgan fingerprint density at radius 1 is 1.24 bits per heavy atom. The SMILES string of the molecule is CC(=O)N1CC(C)Sc2cc(S(=O)(=O)NC3CCCCC3C)ccc21. The topological polar surface area (TPSA) is 66.5 Å². The summed E-state index contributed by atoms with van der Waals surface area (Å²) in [6.45, 7) is 6.36. The van der Waals surface area contributed by atoms with E-state index in [1.807, 2.05) is 6.92 Å². The Bertz CT molecular complexity index is 764. The molecule has 1 heterocycles. The van der Waals surface area contributed by atoms with Gasteiger partial charge in [-0.05, 0) is 37.0 Å². The number of fused-ring (bicyclic) bond motifs is 1. The van der Waals surface area contributed by atoms with E-state index in [0.29, 0.717) is 12.5 Å². The lowest BCUT2D eigenvalue weighted by Gasteiger charge is -2.32. The first-order valence-electron chi connectivity index (χ1n) is 8.89. The van der Waals surface area contributed by atoms with Crippen LogP contribution in [0.25, 0.3) is 0 Å². The second kappa shape index (κ2) is 7.29. The van der Waals surface area contributed by atoms with E-state index in [-0.39, 0.29) is 22.1 Å². The maximum Gasteiger partial charge on any atom is 0.240 e. The summed E-state index contributed by atoms with van der Waals surface area (Å²) >= 11 is 1.62. The summed E-state index contributed by atoms with van der Waals surface area (Å²) in [7, 11) is -3.55. The van der Waals surface area contributed by atoms with Gasteiger partial charge in [0.15, 0.2) is 0 Å². The van der Waals surface area contributed by atoms with Crippen LogP contribution in [0.15, 0.2) is 28.0 Å². The average Bonchev–Trinajstić information content (AvgIpc) is 2.55. The van der Waals surface area contributed by atoms with Gasteiger partial charge in [-0.1, -0.05) is 26.7 Å². The number of carbonyl (C=O) groups excluding carboxylic acids is 1. The van der Waals surface area contributed by atoms with Crippen molar-refractivity contribution in [2.45, 2.75) is 67.5 Å². The van der Waals surface area contributed by atoms with Crippen LogP contribution in [0.2, 0.25) is 0 Å². The molecule has 0 radical (unpaired) electrons. The maximum absolute atomic E-state index is 12.8. The molecule has 0 spiro atoms. The molecule has 7 heteroatoms. The number of anilines is 1. The van der Waals surface area contributed by atoms with Crippen LogP contribution in [-0.2, 0) is 14.8 Å². The van der Waals surface area contributed by atoms with Gasteiger partial charge in [-0.2, -0.15) is 0 Å². The monoisotopic (exact) mass is 382 g/mol. The van der Waals surface area contributed by atoms with Crippen LogP contribution in [-0.4, -0.2) is 32.2 Å². The molecule has 0 bridgehead atoms. The maximum atomic E-state index is 12.8. The standard InChI is InChI=1S/C18H26N2O3S2/c1-12-6-4-5-7-16(12)19-25(22,23)15-8-9-17-18(10-15)24-13(2)11-20(17)14(3)21/h8-10,12-13,16,19H,4-7,11H2,1-3H3. The molecular formula is C18H26N2O3S2. The van der Waals surface area contributed by atoms with E-state index < -0.39 is 10.0 Å². The highest BCUT2D eigenvalue weighted by molar-refractivity contribution is 8.00. The summed E-state index contributed by atoms with van der Waals surface area (Å²) in [6, 6.07) is 5.09. The summed E-state index contributed by atoms with van der Waals surface area (Å²) in [5.74, 6) is 0.349. The molecule has 0 aromatic heterocycles. The van der Waals surface area contributed by atoms with Gasteiger partial charge in [0.1, 0.15) is 0 Å². The van der Waals surface area contributed by atoms with Crippen LogP contribution in [0.3, 0.4) is 0 Å². The third-order valence-electron chi connectivity index (χ3n) is 5.10. The number of carbonyl (C=O) groups is 1. The van der Waals surface area contributed by atoms with E-state index in [0.717, 1.165) is 29.8 Å². The van der Waals surface area contributed by atoms with Crippen LogP contribution in [0.5, 0.6) is 0 Å². The van der Waals surface area contributed by atoms with Crippen LogP contribution in [0.1, 0.15) is 46.5 Å². The van der Waals surface area contributed by atoms with Gasteiger partial charge >= 0.3 is 0 Å². The molecule has 138 valence electrons. The van der Waals surface area contributed by atoms with Crippen molar-refractivity contribution in [2.75, 3.05) is 11.4 Å². The van der Waals surface area contributed by atoms with E-state index >= 15 is 0 Å². The van der Waals surface area contributed by atoms with Gasteiger partial charge in [-0.25, -0.2) is 13.1 Å². The second-order valence-corrected chi connectivity index (χ2v) is 10.4. The molecule has 1 aliphatic heterocycles. The number of hydrogen-bond acceptors (Lipinski definition) is 4. The summed E-state index contributed by atoms with van der Waals surface area (Å²) in [6.07, 6.45) is 4.21. The predicted molar refractivity (Wildman–Crippen MR) is 102 cm³/mol. The average molecular weight is 383 g/mol. The fraction of sp³-hybridized carbons (Fsp3) is 0.611. The minimum absolute atomic E-state index is 0.00933. The molecule has 2 aliphatic rings. The first-order valence-corrected chi connectivity index (χ1v) is 11.3. The minimum atomic E-state index is -3.55. The van der Waals surface area contributed by atoms with Gasteiger partial charge in [0.25, 0.3) is 0 Å². The smallest absolute Gasteiger partial charge is 0.240 e. The third kappa shape index (κ3) is 4.04. The molecule has 1 aliphatic carbocycles. The summed E-state index contributed by atoms with van der Waals surface area (Å²) in [5.41, 5.74) is 0.806. The first kappa shape index (κ1) is 18.7. The fourth-order valence-electron chi connectivity index (χ4n) is 3.65. The Morgan fingerprint density at radius 2 is 1.96 bits per heavy atom. The molecular weight excluding hydrogens is 356 g/mol. The molecule has 1 amide bonds. The molecule has 3 atom stereocenters. The molecule has 0 saturated heterocycles. The summed E-state index contributed by atoms with van der Waals surface area (Å²) < 4.78 is 28.6. The van der Waals surface area contributed by atoms with Gasteiger partial charge in [-0.15, -0.1) is 11.8 Å². The van der Waals surface area contributed by atoms with Crippen LogP contribution >= 0.6 is 11.8 Å². The van der Waals surface area contributed by atoms with Crippen LogP contribution in [0.4, 0.5) is 5.69 Å². The van der Waals surface area contributed by atoms with Gasteiger partial charge in [0.2, 0.25) is 15.9 Å². The molecule has 5 nitrogen and oxygen atoms in total. The largest absolute Gasteiger partial charge is 0.310 e. The molecule has 1 aromatic carbocycles. The number of amides is 1. The molecule has 1 saturated carbocycles. The predicted octanol–water partition coefficient (Wildman–Crippen LogP) is 3.39. The zero-order valence-corrected chi connectivity index (χ0v) is 16.6. The van der Waals surface area contributed by atoms with Crippen molar-refractivity contribution in [3.63, 3.8) is 0 Å². The number of thioether (sulfide) groups is 1. The highest BCUT2D eigenvalue weighted by atomic mass is 32.2. The van der Waals surface area contributed by atoms with E-state index in [4.69, 9.17) is 0 Å². The van der Waals surface area contributed by atoms with Gasteiger partial charge in [-0.3, -0.25) is 4.79 Å². The fourth-order valence-corrected chi connectivity index (χ4v) is 6.28. The van der Waals surface area contributed by atoms with Crippen LogP contribution in [0, 0.1) is 5.92 Å². The van der Waals surface area contributed by atoms with Gasteiger partial charge < -0.3 is 4.90 Å². The van der Waals surface area contributed by atoms with Crippen molar-refractivity contribution < 1.29 is 13.2 Å². The Labute approximate surface area is 154 Å². The summed E-state index contributed by atoms with van der Waals surface area (Å²) in [4.78, 5) is 14.7. The number of sulfonamides is 1. The number of nitrogens with one attached hydrogen (secondary N) is 1. The molecule has 1 N–H and O–H groups in total. The number of nitrogens with zero attached hydrogens (tertiary/aromatic N) is 1. The highest BCUT2D eigenvalue weighted by Crippen LogP contribution is 2.39. The Balaban J connectivity index is 1.88. The lowest BCUT2D eigenvalue weighted by Crippen LogP contribution is -2.41. The Kier molecular flexibility index (Phi) is 5.46. The van der Waals surface area contributed by atoms with E-state index in [2.05, 4.69) is 11.6 Å². The Morgan fingerprint density at radius 3 is 2.64 bits per heavy atom. The van der Waals surface area contributed by atoms with Gasteiger partial charge in [0, 0.05) is 29.7 Å². The molecule has 1 aromatic rings.